The number of aromatic amines is 1. The van der Waals surface area contributed by atoms with Crippen LogP contribution in [-0.2, 0) is 6.18 Å². The molecule has 0 spiro atoms. The second-order valence-corrected chi connectivity index (χ2v) is 4.97. The summed E-state index contributed by atoms with van der Waals surface area (Å²) in [5.41, 5.74) is 0.453. The van der Waals surface area contributed by atoms with Gasteiger partial charge in [0.1, 0.15) is 5.52 Å². The maximum atomic E-state index is 12.8. The fourth-order valence-corrected chi connectivity index (χ4v) is 2.50. The highest BCUT2D eigenvalue weighted by atomic mass is 19.4. The van der Waals surface area contributed by atoms with E-state index in [2.05, 4.69) is 25.3 Å². The molecular formula is C12H14F3N5. The lowest BCUT2D eigenvalue weighted by Crippen LogP contribution is -2.24. The molecule has 2 aromatic rings. The lowest BCUT2D eigenvalue weighted by molar-refractivity contribution is -0.144. The number of fused-ring (bicyclic) bond motifs is 1. The number of aromatic nitrogens is 4. The zero-order valence-corrected chi connectivity index (χ0v) is 10.7. The lowest BCUT2D eigenvalue weighted by atomic mass is 9.95. The summed E-state index contributed by atoms with van der Waals surface area (Å²) < 4.78 is 38.4. The number of alkyl halides is 3. The van der Waals surface area contributed by atoms with Crippen molar-refractivity contribution >= 4 is 17.0 Å². The summed E-state index contributed by atoms with van der Waals surface area (Å²) in [6.07, 6.45) is 1.99. The summed E-state index contributed by atoms with van der Waals surface area (Å²) in [6.45, 7) is 0. The van der Waals surface area contributed by atoms with Crippen molar-refractivity contribution in [2.75, 3.05) is 5.32 Å². The molecule has 2 aromatic heterocycles. The van der Waals surface area contributed by atoms with Crippen molar-refractivity contribution in [2.24, 2.45) is 0 Å². The first-order valence-electron chi connectivity index (χ1n) is 6.59. The van der Waals surface area contributed by atoms with E-state index in [1.807, 2.05) is 0 Å². The Bertz CT molecular complexity index is 601. The molecule has 0 amide bonds. The van der Waals surface area contributed by atoms with E-state index in [1.165, 1.54) is 12.7 Å². The molecule has 2 heterocycles. The van der Waals surface area contributed by atoms with E-state index in [0.717, 1.165) is 25.7 Å². The molecule has 2 N–H and O–H groups in total. The predicted molar refractivity (Wildman–Crippen MR) is 67.2 cm³/mol. The van der Waals surface area contributed by atoms with Gasteiger partial charge in [0.2, 0.25) is 5.82 Å². The van der Waals surface area contributed by atoms with Crippen LogP contribution in [0.2, 0.25) is 0 Å². The van der Waals surface area contributed by atoms with Gasteiger partial charge in [-0.25, -0.2) is 15.0 Å². The van der Waals surface area contributed by atoms with Gasteiger partial charge in [-0.2, -0.15) is 13.2 Å². The topological polar surface area (TPSA) is 66.5 Å². The first-order chi connectivity index (χ1) is 9.54. The summed E-state index contributed by atoms with van der Waals surface area (Å²) in [6, 6.07) is 0.159. The number of nitrogens with zero attached hydrogens (tertiary/aromatic N) is 3. The number of H-pyrrole nitrogens is 1. The Morgan fingerprint density at radius 2 is 1.90 bits per heavy atom. The van der Waals surface area contributed by atoms with Crippen LogP contribution in [0.15, 0.2) is 6.33 Å². The van der Waals surface area contributed by atoms with Gasteiger partial charge in [0.25, 0.3) is 0 Å². The van der Waals surface area contributed by atoms with Crippen LogP contribution >= 0.6 is 0 Å². The van der Waals surface area contributed by atoms with E-state index in [4.69, 9.17) is 0 Å². The minimum absolute atomic E-state index is 0.0330. The average Bonchev–Trinajstić information content (AvgIpc) is 2.87. The monoisotopic (exact) mass is 285 g/mol. The number of halogens is 3. The van der Waals surface area contributed by atoms with Crippen molar-refractivity contribution in [1.29, 1.82) is 0 Å². The van der Waals surface area contributed by atoms with Gasteiger partial charge in [-0.05, 0) is 12.8 Å². The molecule has 0 unspecified atom stereocenters. The van der Waals surface area contributed by atoms with E-state index in [1.54, 1.807) is 0 Å². The molecule has 0 radical (unpaired) electrons. The second-order valence-electron chi connectivity index (χ2n) is 4.97. The summed E-state index contributed by atoms with van der Waals surface area (Å²) >= 11 is 0. The number of rotatable bonds is 2. The van der Waals surface area contributed by atoms with Gasteiger partial charge in [0.05, 0.1) is 6.33 Å². The van der Waals surface area contributed by atoms with Gasteiger partial charge in [-0.15, -0.1) is 0 Å². The number of nitrogens with one attached hydrogen (secondary N) is 2. The zero-order chi connectivity index (χ0) is 14.2. The summed E-state index contributed by atoms with van der Waals surface area (Å²) in [5.74, 6) is -0.970. The maximum absolute atomic E-state index is 12.8. The number of hydrogen-bond acceptors (Lipinski definition) is 4. The minimum atomic E-state index is -4.57. The predicted octanol–water partition coefficient (Wildman–Crippen LogP) is 3.12. The van der Waals surface area contributed by atoms with Gasteiger partial charge in [0, 0.05) is 6.04 Å². The first-order valence-corrected chi connectivity index (χ1v) is 6.59. The highest BCUT2D eigenvalue weighted by molar-refractivity contribution is 5.82. The van der Waals surface area contributed by atoms with Crippen LogP contribution < -0.4 is 5.32 Å². The molecule has 0 atom stereocenters. The molecule has 8 heteroatoms. The molecule has 1 fully saturated rings. The minimum Gasteiger partial charge on any atom is -0.365 e. The fourth-order valence-electron chi connectivity index (χ4n) is 2.50. The Balaban J connectivity index is 1.97. The standard InChI is InChI=1S/C12H14F3N5/c13-12(14,15)11-19-9-8(16-6-17-9)10(20-11)18-7-4-2-1-3-5-7/h6-7H,1-5H2,(H2,16,17,18,19,20). The van der Waals surface area contributed by atoms with Crippen LogP contribution in [0.4, 0.5) is 19.0 Å². The molecule has 20 heavy (non-hydrogen) atoms. The van der Waals surface area contributed by atoms with E-state index in [0.29, 0.717) is 5.52 Å². The molecule has 5 nitrogen and oxygen atoms in total. The van der Waals surface area contributed by atoms with Crippen molar-refractivity contribution in [2.45, 2.75) is 44.3 Å². The maximum Gasteiger partial charge on any atom is 0.451 e. The van der Waals surface area contributed by atoms with Crippen molar-refractivity contribution in [3.05, 3.63) is 12.2 Å². The highest BCUT2D eigenvalue weighted by Crippen LogP contribution is 2.30. The van der Waals surface area contributed by atoms with Gasteiger partial charge >= 0.3 is 6.18 Å². The average molecular weight is 285 g/mol. The lowest BCUT2D eigenvalue weighted by Gasteiger charge is -2.23. The van der Waals surface area contributed by atoms with Crippen LogP contribution in [-0.4, -0.2) is 26.0 Å². The van der Waals surface area contributed by atoms with E-state index in [9.17, 15) is 13.2 Å². The van der Waals surface area contributed by atoms with E-state index in [-0.39, 0.29) is 17.5 Å². The molecular weight excluding hydrogens is 271 g/mol. The molecule has 1 saturated carbocycles. The zero-order valence-electron chi connectivity index (χ0n) is 10.7. The molecule has 0 saturated heterocycles. The highest BCUT2D eigenvalue weighted by Gasteiger charge is 2.36. The summed E-state index contributed by atoms with van der Waals surface area (Å²) in [5, 5.41) is 3.10. The Morgan fingerprint density at radius 1 is 1.15 bits per heavy atom. The van der Waals surface area contributed by atoms with Gasteiger partial charge in [-0.3, -0.25) is 0 Å². The fraction of sp³-hybridized carbons (Fsp3) is 0.583. The van der Waals surface area contributed by atoms with Gasteiger partial charge in [0.15, 0.2) is 11.5 Å². The molecule has 1 aliphatic carbocycles. The summed E-state index contributed by atoms with van der Waals surface area (Å²) in [4.78, 5) is 13.7. The largest absolute Gasteiger partial charge is 0.451 e. The molecule has 0 aliphatic heterocycles. The third-order valence-corrected chi connectivity index (χ3v) is 3.49. The second kappa shape index (κ2) is 4.92. The normalized spacial score (nSPS) is 17.6. The molecule has 1 aliphatic rings. The third-order valence-electron chi connectivity index (χ3n) is 3.49. The van der Waals surface area contributed by atoms with Crippen LogP contribution in [0.25, 0.3) is 11.2 Å². The van der Waals surface area contributed by atoms with Gasteiger partial charge < -0.3 is 10.3 Å². The molecule has 3 rings (SSSR count). The molecule has 0 bridgehead atoms. The van der Waals surface area contributed by atoms with Crippen molar-refractivity contribution in [3.63, 3.8) is 0 Å². The van der Waals surface area contributed by atoms with Crippen LogP contribution in [0.3, 0.4) is 0 Å². The SMILES string of the molecule is FC(F)(F)c1nc(NC2CCCCC2)c2[nH]cnc2n1. The Hall–Kier alpha value is -1.86. The number of imidazole rings is 1. The van der Waals surface area contributed by atoms with Crippen LogP contribution in [0.1, 0.15) is 37.9 Å². The van der Waals surface area contributed by atoms with E-state index >= 15 is 0 Å². The summed E-state index contributed by atoms with van der Waals surface area (Å²) in [7, 11) is 0. The molecule has 108 valence electrons. The van der Waals surface area contributed by atoms with Crippen molar-refractivity contribution in [3.8, 4) is 0 Å². The molecule has 0 aromatic carbocycles. The smallest absolute Gasteiger partial charge is 0.365 e. The van der Waals surface area contributed by atoms with Crippen molar-refractivity contribution < 1.29 is 13.2 Å². The first kappa shape index (κ1) is 13.1. The Morgan fingerprint density at radius 3 is 2.60 bits per heavy atom. The quantitative estimate of drug-likeness (QED) is 0.889. The van der Waals surface area contributed by atoms with Gasteiger partial charge in [-0.1, -0.05) is 19.3 Å². The number of hydrogen-bond donors (Lipinski definition) is 2. The van der Waals surface area contributed by atoms with Crippen molar-refractivity contribution in [1.82, 2.24) is 19.9 Å². The Kier molecular flexibility index (Phi) is 3.23. The van der Waals surface area contributed by atoms with Crippen LogP contribution in [0, 0.1) is 0 Å². The van der Waals surface area contributed by atoms with E-state index < -0.39 is 12.0 Å². The van der Waals surface area contributed by atoms with Crippen LogP contribution in [0.5, 0.6) is 0 Å². The Labute approximate surface area is 113 Å². The third kappa shape index (κ3) is 2.54. The number of anilines is 1.